The summed E-state index contributed by atoms with van der Waals surface area (Å²) in [6, 6.07) is 5.50. The van der Waals surface area contributed by atoms with Crippen LogP contribution in [0.2, 0.25) is 0 Å². The van der Waals surface area contributed by atoms with Gasteiger partial charge in [-0.1, -0.05) is 0 Å². The molecule has 0 amide bonds. The zero-order chi connectivity index (χ0) is 15.0. The molecule has 6 nitrogen and oxygen atoms in total. The largest absolute Gasteiger partial charge is 0.460 e. The molecule has 106 valence electrons. The van der Waals surface area contributed by atoms with E-state index in [1.807, 2.05) is 32.9 Å². The normalized spacial score (nSPS) is 10.8. The topological polar surface area (TPSA) is 73.8 Å². The fraction of sp³-hybridized carbons (Fsp3) is 0.200. The van der Waals surface area contributed by atoms with Gasteiger partial charge in [0.05, 0.1) is 5.56 Å². The smallest absolute Gasteiger partial charge is 0.250 e. The first-order valence-electron chi connectivity index (χ1n) is 6.51. The molecule has 0 fully saturated rings. The molecule has 0 N–H and O–H groups in total. The number of carbonyl (C=O) groups excluding carboxylic acids is 1. The summed E-state index contributed by atoms with van der Waals surface area (Å²) in [5, 5.41) is 4.38. The molecular formula is C15H14N4O2. The number of aryl methyl sites for hydroxylation is 3. The van der Waals surface area contributed by atoms with E-state index in [0.717, 1.165) is 23.4 Å². The van der Waals surface area contributed by atoms with Crippen LogP contribution in [-0.4, -0.2) is 26.0 Å². The Hall–Kier alpha value is -2.76. The Balaban J connectivity index is 2.13. The molecule has 0 saturated heterocycles. The Morgan fingerprint density at radius 1 is 1.14 bits per heavy atom. The molecule has 3 aromatic heterocycles. The Kier molecular flexibility index (Phi) is 3.13. The van der Waals surface area contributed by atoms with Crippen LogP contribution in [0.3, 0.4) is 0 Å². The van der Waals surface area contributed by atoms with Crippen molar-refractivity contribution >= 4 is 6.29 Å². The Morgan fingerprint density at radius 3 is 2.43 bits per heavy atom. The van der Waals surface area contributed by atoms with Gasteiger partial charge in [-0.05, 0) is 39.0 Å². The van der Waals surface area contributed by atoms with Gasteiger partial charge in [-0.15, -0.1) is 0 Å². The fourth-order valence-corrected chi connectivity index (χ4v) is 2.14. The molecule has 21 heavy (non-hydrogen) atoms. The van der Waals surface area contributed by atoms with Crippen molar-refractivity contribution in [2.75, 3.05) is 0 Å². The molecular weight excluding hydrogens is 268 g/mol. The third kappa shape index (κ3) is 2.47. The SMILES string of the molecule is Cc1cc(C)nc(-n2cc(C=O)c(-c3ccc(C)o3)n2)n1. The van der Waals surface area contributed by atoms with Crippen molar-refractivity contribution in [1.29, 1.82) is 0 Å². The van der Waals surface area contributed by atoms with E-state index in [-0.39, 0.29) is 0 Å². The number of aromatic nitrogens is 4. The quantitative estimate of drug-likeness (QED) is 0.690. The van der Waals surface area contributed by atoms with Gasteiger partial charge in [0.15, 0.2) is 12.0 Å². The third-order valence-electron chi connectivity index (χ3n) is 3.02. The van der Waals surface area contributed by atoms with Crippen molar-refractivity contribution in [3.63, 3.8) is 0 Å². The average Bonchev–Trinajstić information content (AvgIpc) is 3.03. The molecule has 0 aromatic carbocycles. The van der Waals surface area contributed by atoms with Crippen LogP contribution in [0.1, 0.15) is 27.5 Å². The maximum absolute atomic E-state index is 11.3. The van der Waals surface area contributed by atoms with Crippen LogP contribution in [0.4, 0.5) is 0 Å². The van der Waals surface area contributed by atoms with Crippen LogP contribution in [0.15, 0.2) is 28.8 Å². The number of hydrogen-bond donors (Lipinski definition) is 0. The van der Waals surface area contributed by atoms with Crippen molar-refractivity contribution < 1.29 is 9.21 Å². The van der Waals surface area contributed by atoms with Crippen molar-refractivity contribution in [3.05, 3.63) is 47.1 Å². The lowest BCUT2D eigenvalue weighted by Crippen LogP contribution is -2.04. The highest BCUT2D eigenvalue weighted by molar-refractivity contribution is 5.84. The molecule has 3 aromatic rings. The average molecular weight is 282 g/mol. The minimum absolute atomic E-state index is 0.435. The lowest BCUT2D eigenvalue weighted by molar-refractivity contribution is 0.112. The summed E-state index contributed by atoms with van der Waals surface area (Å²) in [4.78, 5) is 19.9. The second-order valence-corrected chi connectivity index (χ2v) is 4.86. The summed E-state index contributed by atoms with van der Waals surface area (Å²) in [6.45, 7) is 5.62. The van der Waals surface area contributed by atoms with Gasteiger partial charge in [-0.2, -0.15) is 5.10 Å². The molecule has 0 radical (unpaired) electrons. The molecule has 0 unspecified atom stereocenters. The number of nitrogens with zero attached hydrogens (tertiary/aromatic N) is 4. The number of furan rings is 1. The lowest BCUT2D eigenvalue weighted by atomic mass is 10.2. The van der Waals surface area contributed by atoms with Crippen LogP contribution >= 0.6 is 0 Å². The highest BCUT2D eigenvalue weighted by Gasteiger charge is 2.16. The van der Waals surface area contributed by atoms with Gasteiger partial charge in [0, 0.05) is 17.6 Å². The first-order valence-corrected chi connectivity index (χ1v) is 6.51. The van der Waals surface area contributed by atoms with Crippen molar-refractivity contribution in [2.45, 2.75) is 20.8 Å². The molecule has 0 saturated carbocycles. The molecule has 0 spiro atoms. The van der Waals surface area contributed by atoms with Gasteiger partial charge in [0.25, 0.3) is 5.95 Å². The predicted octanol–water partition coefficient (Wildman–Crippen LogP) is 2.66. The molecule has 0 aliphatic carbocycles. The van der Waals surface area contributed by atoms with E-state index in [9.17, 15) is 4.79 Å². The molecule has 0 bridgehead atoms. The minimum Gasteiger partial charge on any atom is -0.460 e. The highest BCUT2D eigenvalue weighted by Crippen LogP contribution is 2.24. The summed E-state index contributed by atoms with van der Waals surface area (Å²) in [6.07, 6.45) is 2.35. The zero-order valence-electron chi connectivity index (χ0n) is 12.0. The van der Waals surface area contributed by atoms with Crippen molar-refractivity contribution in [1.82, 2.24) is 19.7 Å². The van der Waals surface area contributed by atoms with Gasteiger partial charge >= 0.3 is 0 Å². The van der Waals surface area contributed by atoms with Gasteiger partial charge in [-0.25, -0.2) is 14.6 Å². The first kappa shape index (κ1) is 13.2. The molecule has 0 aliphatic rings. The number of rotatable bonds is 3. The van der Waals surface area contributed by atoms with Gasteiger partial charge in [-0.3, -0.25) is 4.79 Å². The third-order valence-corrected chi connectivity index (χ3v) is 3.02. The first-order chi connectivity index (χ1) is 10.1. The maximum atomic E-state index is 11.3. The minimum atomic E-state index is 0.435. The molecule has 3 rings (SSSR count). The van der Waals surface area contributed by atoms with E-state index < -0.39 is 0 Å². The van der Waals surface area contributed by atoms with E-state index >= 15 is 0 Å². The second-order valence-electron chi connectivity index (χ2n) is 4.86. The van der Waals surface area contributed by atoms with E-state index in [1.54, 1.807) is 12.3 Å². The van der Waals surface area contributed by atoms with Crippen LogP contribution in [0.5, 0.6) is 0 Å². The zero-order valence-corrected chi connectivity index (χ0v) is 12.0. The Labute approximate surface area is 121 Å². The van der Waals surface area contributed by atoms with Crippen molar-refractivity contribution in [2.24, 2.45) is 0 Å². The predicted molar refractivity (Wildman–Crippen MR) is 76.5 cm³/mol. The highest BCUT2D eigenvalue weighted by atomic mass is 16.3. The summed E-state index contributed by atoms with van der Waals surface area (Å²) in [5.74, 6) is 1.75. The summed E-state index contributed by atoms with van der Waals surface area (Å²) in [5.41, 5.74) is 2.61. The van der Waals surface area contributed by atoms with E-state index in [2.05, 4.69) is 15.1 Å². The molecule has 0 atom stereocenters. The van der Waals surface area contributed by atoms with Crippen LogP contribution in [0.25, 0.3) is 17.4 Å². The standard InChI is InChI=1S/C15H14N4O2/c1-9-6-10(2)17-15(16-9)19-7-12(8-20)14(18-19)13-5-4-11(3)21-13/h4-8H,1-3H3. The van der Waals surface area contributed by atoms with Gasteiger partial charge in [0.2, 0.25) is 0 Å². The molecule has 0 aliphatic heterocycles. The Morgan fingerprint density at radius 2 is 1.86 bits per heavy atom. The van der Waals surface area contributed by atoms with Crippen LogP contribution < -0.4 is 0 Å². The van der Waals surface area contributed by atoms with E-state index in [0.29, 0.717) is 23.0 Å². The number of aldehydes is 1. The van der Waals surface area contributed by atoms with E-state index in [1.165, 1.54) is 4.68 Å². The van der Waals surface area contributed by atoms with Gasteiger partial charge in [0.1, 0.15) is 11.5 Å². The summed E-state index contributed by atoms with van der Waals surface area (Å²) < 4.78 is 7.03. The second kappa shape index (κ2) is 4.97. The molecule has 6 heteroatoms. The monoisotopic (exact) mass is 282 g/mol. The number of hydrogen-bond acceptors (Lipinski definition) is 5. The maximum Gasteiger partial charge on any atom is 0.250 e. The van der Waals surface area contributed by atoms with Crippen molar-refractivity contribution in [3.8, 4) is 17.4 Å². The summed E-state index contributed by atoms with van der Waals surface area (Å²) >= 11 is 0. The lowest BCUT2D eigenvalue weighted by Gasteiger charge is -2.02. The summed E-state index contributed by atoms with van der Waals surface area (Å²) in [7, 11) is 0. The van der Waals surface area contributed by atoms with Gasteiger partial charge < -0.3 is 4.42 Å². The van der Waals surface area contributed by atoms with Crippen LogP contribution in [-0.2, 0) is 0 Å². The number of carbonyl (C=O) groups is 1. The Bertz CT molecular complexity index is 797. The molecule has 3 heterocycles. The van der Waals surface area contributed by atoms with Crippen LogP contribution in [0, 0.1) is 20.8 Å². The van der Waals surface area contributed by atoms with E-state index in [4.69, 9.17) is 4.42 Å². The fourth-order valence-electron chi connectivity index (χ4n) is 2.14.